The monoisotopic (exact) mass is 431 g/mol. The van der Waals surface area contributed by atoms with Crippen LogP contribution in [0.15, 0.2) is 34.8 Å². The first kappa shape index (κ1) is 13.3. The van der Waals surface area contributed by atoms with E-state index in [2.05, 4.69) is 38.5 Å². The van der Waals surface area contributed by atoms with Crippen molar-refractivity contribution in [2.75, 3.05) is 4.90 Å². The highest BCUT2D eigenvalue weighted by Gasteiger charge is 2.48. The van der Waals surface area contributed by atoms with Crippen LogP contribution in [0.2, 0.25) is 0 Å². The summed E-state index contributed by atoms with van der Waals surface area (Å²) in [4.78, 5) is 26.2. The summed E-state index contributed by atoms with van der Waals surface area (Å²) >= 11 is 5.65. The minimum Gasteiger partial charge on any atom is -0.274 e. The quantitative estimate of drug-likeness (QED) is 0.387. The molecule has 3 rings (SSSR count). The largest absolute Gasteiger partial charge is 0.274 e. The molecular formula is C14H11BrINO2. The number of rotatable bonds is 1. The van der Waals surface area contributed by atoms with E-state index >= 15 is 0 Å². The SMILES string of the molecule is O=C1[C@H]2CC=CC[C@H]2C(=O)N1c1ccc(I)cc1Br. The van der Waals surface area contributed by atoms with Gasteiger partial charge in [0.25, 0.3) is 0 Å². The summed E-state index contributed by atoms with van der Waals surface area (Å²) in [5, 5.41) is 0. The van der Waals surface area contributed by atoms with Gasteiger partial charge in [-0.25, -0.2) is 4.90 Å². The number of hydrogen-bond donors (Lipinski definition) is 0. The predicted molar refractivity (Wildman–Crippen MR) is 84.7 cm³/mol. The second-order valence-corrected chi connectivity index (χ2v) is 6.86. The summed E-state index contributed by atoms with van der Waals surface area (Å²) in [5.41, 5.74) is 0.657. The van der Waals surface area contributed by atoms with E-state index in [-0.39, 0.29) is 23.7 Å². The average Bonchev–Trinajstić information content (AvgIpc) is 2.64. The normalized spacial score (nSPS) is 25.9. The molecule has 0 N–H and O–H groups in total. The van der Waals surface area contributed by atoms with E-state index in [1.165, 1.54) is 4.90 Å². The van der Waals surface area contributed by atoms with Crippen molar-refractivity contribution in [3.05, 3.63) is 38.4 Å². The van der Waals surface area contributed by atoms with Crippen molar-refractivity contribution in [2.45, 2.75) is 12.8 Å². The fourth-order valence-electron chi connectivity index (χ4n) is 2.70. The molecule has 0 bridgehead atoms. The zero-order valence-electron chi connectivity index (χ0n) is 9.98. The molecule has 5 heteroatoms. The molecule has 2 aliphatic rings. The van der Waals surface area contributed by atoms with Crippen molar-refractivity contribution >= 4 is 56.0 Å². The summed E-state index contributed by atoms with van der Waals surface area (Å²) in [5.74, 6) is -0.491. The fraction of sp³-hybridized carbons (Fsp3) is 0.286. The van der Waals surface area contributed by atoms with Gasteiger partial charge in [-0.2, -0.15) is 0 Å². The van der Waals surface area contributed by atoms with Gasteiger partial charge in [0.2, 0.25) is 11.8 Å². The number of carbonyl (C=O) groups is 2. The van der Waals surface area contributed by atoms with Crippen LogP contribution < -0.4 is 4.90 Å². The van der Waals surface area contributed by atoms with E-state index in [0.29, 0.717) is 18.5 Å². The van der Waals surface area contributed by atoms with Gasteiger partial charge in [-0.05, 0) is 69.6 Å². The Bertz CT molecular complexity index is 573. The fourth-order valence-corrected chi connectivity index (χ4v) is 4.18. The Kier molecular flexibility index (Phi) is 3.51. The van der Waals surface area contributed by atoms with E-state index < -0.39 is 0 Å². The molecule has 1 aromatic carbocycles. The maximum atomic E-state index is 12.4. The Hall–Kier alpha value is -0.690. The minimum atomic E-state index is -0.177. The van der Waals surface area contributed by atoms with Crippen molar-refractivity contribution in [1.29, 1.82) is 0 Å². The average molecular weight is 432 g/mol. The second-order valence-electron chi connectivity index (χ2n) is 4.76. The van der Waals surface area contributed by atoms with Gasteiger partial charge in [-0.3, -0.25) is 9.59 Å². The number of nitrogens with zero attached hydrogens (tertiary/aromatic N) is 1. The Labute approximate surface area is 133 Å². The lowest BCUT2D eigenvalue weighted by Crippen LogP contribution is -2.31. The highest BCUT2D eigenvalue weighted by molar-refractivity contribution is 14.1. The lowest BCUT2D eigenvalue weighted by Gasteiger charge is -2.16. The first-order valence-electron chi connectivity index (χ1n) is 6.07. The molecule has 3 nitrogen and oxygen atoms in total. The van der Waals surface area contributed by atoms with Crippen LogP contribution in [0.1, 0.15) is 12.8 Å². The molecule has 98 valence electrons. The van der Waals surface area contributed by atoms with Crippen LogP contribution in [0.4, 0.5) is 5.69 Å². The number of hydrogen-bond acceptors (Lipinski definition) is 2. The Morgan fingerprint density at radius 2 is 1.68 bits per heavy atom. The van der Waals surface area contributed by atoms with Crippen LogP contribution in [0.5, 0.6) is 0 Å². The summed E-state index contributed by atoms with van der Waals surface area (Å²) in [6.45, 7) is 0. The van der Waals surface area contributed by atoms with Gasteiger partial charge in [0.1, 0.15) is 0 Å². The number of amides is 2. The summed E-state index contributed by atoms with van der Waals surface area (Å²) in [6.07, 6.45) is 5.35. The topological polar surface area (TPSA) is 37.4 Å². The summed E-state index contributed by atoms with van der Waals surface area (Å²) in [7, 11) is 0. The molecular weight excluding hydrogens is 421 g/mol. The molecule has 0 aromatic heterocycles. The first-order chi connectivity index (χ1) is 9.09. The van der Waals surface area contributed by atoms with Crippen molar-refractivity contribution < 1.29 is 9.59 Å². The Morgan fingerprint density at radius 1 is 1.11 bits per heavy atom. The van der Waals surface area contributed by atoms with Gasteiger partial charge < -0.3 is 0 Å². The molecule has 0 saturated carbocycles. The predicted octanol–water partition coefficient (Wildman–Crippen LogP) is 3.51. The van der Waals surface area contributed by atoms with Crippen molar-refractivity contribution in [2.24, 2.45) is 11.8 Å². The first-order valence-corrected chi connectivity index (χ1v) is 7.94. The maximum Gasteiger partial charge on any atom is 0.238 e. The number of carbonyl (C=O) groups excluding carboxylic acids is 2. The van der Waals surface area contributed by atoms with Gasteiger partial charge in [-0.15, -0.1) is 0 Å². The molecule has 0 radical (unpaired) electrons. The molecule has 1 heterocycles. The third-order valence-electron chi connectivity index (χ3n) is 3.66. The lowest BCUT2D eigenvalue weighted by molar-refractivity contribution is -0.122. The van der Waals surface area contributed by atoms with Crippen LogP contribution in [-0.4, -0.2) is 11.8 Å². The number of anilines is 1. The highest BCUT2D eigenvalue weighted by atomic mass is 127. The molecule has 1 aliphatic carbocycles. The van der Waals surface area contributed by atoms with Gasteiger partial charge in [0.05, 0.1) is 17.5 Å². The molecule has 2 amide bonds. The number of halogens is 2. The standard InChI is InChI=1S/C14H11BrINO2/c15-11-7-8(16)5-6-12(11)17-13(18)9-3-1-2-4-10(9)14(17)19/h1-2,5-7,9-10H,3-4H2/t9-,10+. The van der Waals surface area contributed by atoms with Crippen molar-refractivity contribution in [3.63, 3.8) is 0 Å². The smallest absolute Gasteiger partial charge is 0.238 e. The Morgan fingerprint density at radius 3 is 2.21 bits per heavy atom. The maximum absolute atomic E-state index is 12.4. The van der Waals surface area contributed by atoms with Gasteiger partial charge in [0.15, 0.2) is 0 Å². The van der Waals surface area contributed by atoms with Crippen LogP contribution in [0.3, 0.4) is 0 Å². The van der Waals surface area contributed by atoms with E-state index in [1.54, 1.807) is 0 Å². The zero-order chi connectivity index (χ0) is 13.6. The van der Waals surface area contributed by atoms with E-state index in [9.17, 15) is 9.59 Å². The van der Waals surface area contributed by atoms with Crippen LogP contribution >= 0.6 is 38.5 Å². The van der Waals surface area contributed by atoms with Gasteiger partial charge in [-0.1, -0.05) is 12.2 Å². The van der Waals surface area contributed by atoms with E-state index in [4.69, 9.17) is 0 Å². The van der Waals surface area contributed by atoms with E-state index in [1.807, 2.05) is 30.4 Å². The van der Waals surface area contributed by atoms with Crippen molar-refractivity contribution in [3.8, 4) is 0 Å². The molecule has 0 unspecified atom stereocenters. The van der Waals surface area contributed by atoms with Crippen molar-refractivity contribution in [1.82, 2.24) is 0 Å². The van der Waals surface area contributed by atoms with Crippen LogP contribution in [-0.2, 0) is 9.59 Å². The summed E-state index contributed by atoms with van der Waals surface area (Å²) in [6, 6.07) is 5.64. The molecule has 1 aromatic rings. The van der Waals surface area contributed by atoms with Gasteiger partial charge >= 0.3 is 0 Å². The molecule has 2 atom stereocenters. The van der Waals surface area contributed by atoms with Crippen LogP contribution in [0.25, 0.3) is 0 Å². The molecule has 19 heavy (non-hydrogen) atoms. The summed E-state index contributed by atoms with van der Waals surface area (Å²) < 4.78 is 1.85. The van der Waals surface area contributed by atoms with Gasteiger partial charge in [0, 0.05) is 8.04 Å². The Balaban J connectivity index is 2.02. The highest BCUT2D eigenvalue weighted by Crippen LogP contribution is 2.40. The number of allylic oxidation sites excluding steroid dienone is 2. The number of fused-ring (bicyclic) bond motifs is 1. The second kappa shape index (κ2) is 5.01. The molecule has 1 aliphatic heterocycles. The van der Waals surface area contributed by atoms with E-state index in [0.717, 1.165) is 8.04 Å². The number of imide groups is 1. The molecule has 0 spiro atoms. The minimum absolute atomic E-state index is 0.0683. The number of benzene rings is 1. The molecule has 1 saturated heterocycles. The third kappa shape index (κ3) is 2.16. The lowest BCUT2D eigenvalue weighted by atomic mass is 9.85. The van der Waals surface area contributed by atoms with Crippen LogP contribution in [0, 0.1) is 15.4 Å². The third-order valence-corrected chi connectivity index (χ3v) is 4.96. The zero-order valence-corrected chi connectivity index (χ0v) is 13.7. The molecule has 1 fully saturated rings.